The Labute approximate surface area is 141 Å². The Morgan fingerprint density at radius 2 is 1.88 bits per heavy atom. The number of H-pyrrole nitrogens is 1. The van der Waals surface area contributed by atoms with Crippen LogP contribution in [0.4, 0.5) is 4.39 Å². The second kappa shape index (κ2) is 7.43. The van der Waals surface area contributed by atoms with Gasteiger partial charge in [-0.2, -0.15) is 5.21 Å². The van der Waals surface area contributed by atoms with Crippen LogP contribution >= 0.6 is 0 Å². The van der Waals surface area contributed by atoms with Crippen LogP contribution in [0.25, 0.3) is 0 Å². The van der Waals surface area contributed by atoms with Crippen LogP contribution in [0.15, 0.2) is 48.5 Å². The number of ketones is 2. The van der Waals surface area contributed by atoms with Gasteiger partial charge in [0.15, 0.2) is 5.78 Å². The van der Waals surface area contributed by atoms with Crippen LogP contribution in [0.2, 0.25) is 0 Å². The number of hydrogen-bond donors (Lipinski definition) is 1. The lowest BCUT2D eigenvalue weighted by Crippen LogP contribution is -2.10. The molecule has 0 aliphatic rings. The highest BCUT2D eigenvalue weighted by Crippen LogP contribution is 2.17. The number of hydrogen-bond acceptors (Lipinski definition) is 6. The van der Waals surface area contributed by atoms with Gasteiger partial charge in [0.1, 0.15) is 18.2 Å². The summed E-state index contributed by atoms with van der Waals surface area (Å²) >= 11 is 0. The van der Waals surface area contributed by atoms with E-state index in [1.165, 1.54) is 12.1 Å². The third kappa shape index (κ3) is 4.31. The lowest BCUT2D eigenvalue weighted by Gasteiger charge is -2.08. The van der Waals surface area contributed by atoms with Crippen LogP contribution < -0.4 is 4.74 Å². The maximum Gasteiger partial charge on any atom is 0.240 e. The van der Waals surface area contributed by atoms with E-state index in [0.717, 1.165) is 5.56 Å². The van der Waals surface area contributed by atoms with Crippen molar-refractivity contribution in [1.29, 1.82) is 0 Å². The van der Waals surface area contributed by atoms with E-state index in [-0.39, 0.29) is 30.5 Å². The molecule has 2 aromatic carbocycles. The first-order chi connectivity index (χ1) is 12.1. The first-order valence-electron chi connectivity index (χ1n) is 7.39. The largest absolute Gasteiger partial charge is 0.489 e. The molecule has 0 amide bonds. The van der Waals surface area contributed by atoms with Gasteiger partial charge in [0, 0.05) is 5.56 Å². The highest BCUT2D eigenvalue weighted by molar-refractivity contribution is 6.12. The first kappa shape index (κ1) is 16.4. The Kier molecular flexibility index (Phi) is 4.89. The van der Waals surface area contributed by atoms with Crippen molar-refractivity contribution in [3.8, 4) is 5.75 Å². The molecule has 7 nitrogen and oxygen atoms in total. The third-order valence-electron chi connectivity index (χ3n) is 3.39. The summed E-state index contributed by atoms with van der Waals surface area (Å²) in [6, 6.07) is 12.4. The van der Waals surface area contributed by atoms with Crippen LogP contribution in [-0.2, 0) is 6.61 Å². The fourth-order valence-corrected chi connectivity index (χ4v) is 2.11. The maximum absolute atomic E-state index is 12.9. The average Bonchev–Trinajstić information content (AvgIpc) is 3.16. The summed E-state index contributed by atoms with van der Waals surface area (Å²) in [6.07, 6.45) is -0.360. The summed E-state index contributed by atoms with van der Waals surface area (Å²) in [6.45, 7) is 0.236. The Bertz CT molecular complexity index is 879. The van der Waals surface area contributed by atoms with E-state index >= 15 is 0 Å². The Morgan fingerprint density at radius 1 is 1.08 bits per heavy atom. The number of benzene rings is 2. The van der Waals surface area contributed by atoms with Crippen LogP contribution in [-0.4, -0.2) is 32.2 Å². The molecule has 0 aliphatic heterocycles. The van der Waals surface area contributed by atoms with Crippen molar-refractivity contribution in [1.82, 2.24) is 20.6 Å². The molecule has 3 rings (SSSR count). The molecule has 25 heavy (non-hydrogen) atoms. The van der Waals surface area contributed by atoms with Gasteiger partial charge in [-0.1, -0.05) is 24.3 Å². The van der Waals surface area contributed by atoms with E-state index in [1.807, 2.05) is 0 Å². The molecule has 0 saturated heterocycles. The molecule has 126 valence electrons. The highest BCUT2D eigenvalue weighted by Gasteiger charge is 2.17. The number of halogens is 1. The van der Waals surface area contributed by atoms with Crippen molar-refractivity contribution in [2.75, 3.05) is 0 Å². The predicted molar refractivity (Wildman–Crippen MR) is 84.6 cm³/mol. The fourth-order valence-electron chi connectivity index (χ4n) is 2.11. The van der Waals surface area contributed by atoms with E-state index < -0.39 is 5.78 Å². The summed E-state index contributed by atoms with van der Waals surface area (Å²) in [5.41, 5.74) is 1.14. The van der Waals surface area contributed by atoms with Crippen LogP contribution in [0.5, 0.6) is 5.75 Å². The number of carbonyl (C=O) groups excluding carboxylic acids is 2. The zero-order valence-electron chi connectivity index (χ0n) is 13.0. The van der Waals surface area contributed by atoms with Crippen molar-refractivity contribution < 1.29 is 18.7 Å². The molecule has 1 N–H and O–H groups in total. The van der Waals surface area contributed by atoms with E-state index in [0.29, 0.717) is 11.3 Å². The zero-order chi connectivity index (χ0) is 17.6. The Morgan fingerprint density at radius 3 is 2.60 bits per heavy atom. The van der Waals surface area contributed by atoms with Gasteiger partial charge in [0.25, 0.3) is 0 Å². The number of tetrazole rings is 1. The SMILES string of the molecule is O=C(CC(=O)c1nn[nH]n1)c1cccc(OCc2ccc(F)cc2)c1. The van der Waals surface area contributed by atoms with Crippen molar-refractivity contribution in [2.24, 2.45) is 0 Å². The number of carbonyl (C=O) groups is 2. The molecular weight excluding hydrogens is 327 g/mol. The molecule has 3 aromatic rings. The molecule has 0 fully saturated rings. The van der Waals surface area contributed by atoms with Gasteiger partial charge in [-0.05, 0) is 35.0 Å². The summed E-state index contributed by atoms with van der Waals surface area (Å²) in [5, 5.41) is 12.5. The Hall–Kier alpha value is -3.42. The molecule has 0 unspecified atom stereocenters. The number of aromatic nitrogens is 4. The second-order valence-corrected chi connectivity index (χ2v) is 5.20. The van der Waals surface area contributed by atoms with Gasteiger partial charge < -0.3 is 4.74 Å². The second-order valence-electron chi connectivity index (χ2n) is 5.20. The van der Waals surface area contributed by atoms with E-state index in [2.05, 4.69) is 20.6 Å². The van der Waals surface area contributed by atoms with Crippen molar-refractivity contribution in [3.63, 3.8) is 0 Å². The molecular formula is C17H13FN4O3. The van der Waals surface area contributed by atoms with Crippen molar-refractivity contribution in [3.05, 3.63) is 71.3 Å². The number of rotatable bonds is 7. The lowest BCUT2D eigenvalue weighted by molar-refractivity contribution is 0.0888. The summed E-state index contributed by atoms with van der Waals surface area (Å²) in [5.74, 6) is -0.861. The average molecular weight is 340 g/mol. The molecule has 0 aliphatic carbocycles. The fraction of sp³-hybridized carbons (Fsp3) is 0.118. The molecule has 0 saturated carbocycles. The van der Waals surface area contributed by atoms with Gasteiger partial charge in [0.05, 0.1) is 6.42 Å². The van der Waals surface area contributed by atoms with Crippen LogP contribution in [0.3, 0.4) is 0 Å². The molecule has 1 heterocycles. The molecule has 1 aromatic heterocycles. The third-order valence-corrected chi connectivity index (χ3v) is 3.39. The lowest BCUT2D eigenvalue weighted by atomic mass is 10.1. The van der Waals surface area contributed by atoms with Gasteiger partial charge in [-0.3, -0.25) is 9.59 Å². The standard InChI is InChI=1S/C17H13FN4O3/c18-13-6-4-11(5-7-13)10-25-14-3-1-2-12(8-14)15(23)9-16(24)17-19-21-22-20-17/h1-8H,9-10H2,(H,19,20,21,22). The molecule has 0 bridgehead atoms. The number of nitrogens with one attached hydrogen (secondary N) is 1. The number of nitrogens with zero attached hydrogens (tertiary/aromatic N) is 3. The summed E-state index contributed by atoms with van der Waals surface area (Å²) in [4.78, 5) is 24.1. The van der Waals surface area contributed by atoms with Crippen molar-refractivity contribution in [2.45, 2.75) is 13.0 Å². The monoisotopic (exact) mass is 340 g/mol. The van der Waals surface area contributed by atoms with Gasteiger partial charge in [-0.25, -0.2) is 4.39 Å². The topological polar surface area (TPSA) is 97.8 Å². The molecule has 8 heteroatoms. The minimum atomic E-state index is -0.517. The Balaban J connectivity index is 1.63. The minimum absolute atomic E-state index is 0.128. The molecule has 0 atom stereocenters. The number of ether oxygens (including phenoxy) is 1. The van der Waals surface area contributed by atoms with Crippen molar-refractivity contribution >= 4 is 11.6 Å². The quantitative estimate of drug-likeness (QED) is 0.524. The normalized spacial score (nSPS) is 10.4. The van der Waals surface area contributed by atoms with E-state index in [9.17, 15) is 14.0 Å². The number of Topliss-reactive ketones (excluding diaryl/α,β-unsaturated/α-hetero) is 2. The van der Waals surface area contributed by atoms with Crippen LogP contribution in [0.1, 0.15) is 33.0 Å². The van der Waals surface area contributed by atoms with E-state index in [4.69, 9.17) is 4.74 Å². The van der Waals surface area contributed by atoms with Crippen LogP contribution in [0, 0.1) is 5.82 Å². The highest BCUT2D eigenvalue weighted by atomic mass is 19.1. The minimum Gasteiger partial charge on any atom is -0.489 e. The van der Waals surface area contributed by atoms with E-state index in [1.54, 1.807) is 36.4 Å². The smallest absolute Gasteiger partial charge is 0.240 e. The molecule has 0 spiro atoms. The summed E-state index contributed by atoms with van der Waals surface area (Å²) < 4.78 is 18.5. The summed E-state index contributed by atoms with van der Waals surface area (Å²) in [7, 11) is 0. The van der Waals surface area contributed by atoms with Gasteiger partial charge in [-0.15, -0.1) is 10.2 Å². The maximum atomic E-state index is 12.9. The zero-order valence-corrected chi connectivity index (χ0v) is 13.0. The predicted octanol–water partition coefficient (Wildman–Crippen LogP) is 2.37. The molecule has 0 radical (unpaired) electrons. The van der Waals surface area contributed by atoms with Gasteiger partial charge in [0.2, 0.25) is 11.6 Å². The first-order valence-corrected chi connectivity index (χ1v) is 7.39. The van der Waals surface area contributed by atoms with Gasteiger partial charge >= 0.3 is 0 Å². The number of aromatic amines is 1.